The fourth-order valence-electron chi connectivity index (χ4n) is 4.09. The van der Waals surface area contributed by atoms with E-state index in [0.717, 1.165) is 0 Å². The number of nitrogens with one attached hydrogen (secondary N) is 2. The van der Waals surface area contributed by atoms with E-state index < -0.39 is 35.1 Å². The number of pyridine rings is 1. The van der Waals surface area contributed by atoms with Crippen molar-refractivity contribution in [3.8, 4) is 0 Å². The first-order valence-electron chi connectivity index (χ1n) is 10.5. The molecule has 33 heavy (non-hydrogen) atoms. The minimum absolute atomic E-state index is 0.0456. The number of amides is 1. The Kier molecular flexibility index (Phi) is 6.14. The van der Waals surface area contributed by atoms with Gasteiger partial charge in [-0.2, -0.15) is 0 Å². The highest BCUT2D eigenvalue weighted by atomic mass is 19.1. The molecule has 2 aliphatic heterocycles. The molecule has 5 N–H and O–H groups in total. The number of hydrogen-bond acceptors (Lipinski definition) is 8. The lowest BCUT2D eigenvalue weighted by Crippen LogP contribution is -2.54. The lowest BCUT2D eigenvalue weighted by atomic mass is 9.79. The molecule has 10 nitrogen and oxygen atoms in total. The standard InChI is InChI=1S/C22H24FN5O5/c1-11-10-33-20-17(26-6-3-7-27-21(30)12-4-2-5-25-8-12)15(23)16(24)14-18(20)28(11)9-13(19(14)29)22(31)32/h2,4-5,8-9,11,14,16,26H,3,6-7,10,24H2,1H3,(H,27,30)(H,31,32)/t11-,14?,16?/m0/s1. The molecule has 3 heterocycles. The van der Waals surface area contributed by atoms with Gasteiger partial charge in [0.15, 0.2) is 11.5 Å². The van der Waals surface area contributed by atoms with Crippen molar-refractivity contribution in [1.29, 1.82) is 0 Å². The Labute approximate surface area is 189 Å². The Morgan fingerprint density at radius 2 is 2.18 bits per heavy atom. The van der Waals surface area contributed by atoms with Crippen molar-refractivity contribution in [3.05, 3.63) is 64.8 Å². The van der Waals surface area contributed by atoms with Crippen molar-refractivity contribution in [3.63, 3.8) is 0 Å². The number of ether oxygens (including phenoxy) is 1. The molecule has 1 aliphatic carbocycles. The second-order valence-corrected chi connectivity index (χ2v) is 8.00. The van der Waals surface area contributed by atoms with E-state index in [1.54, 1.807) is 23.2 Å². The first-order chi connectivity index (χ1) is 15.8. The molecular weight excluding hydrogens is 433 g/mol. The van der Waals surface area contributed by atoms with Crippen LogP contribution in [0.15, 0.2) is 59.3 Å². The average molecular weight is 457 g/mol. The Bertz CT molecular complexity index is 1080. The van der Waals surface area contributed by atoms with Crippen molar-refractivity contribution >= 4 is 17.7 Å². The van der Waals surface area contributed by atoms with Gasteiger partial charge in [0.1, 0.15) is 23.7 Å². The maximum Gasteiger partial charge on any atom is 0.340 e. The van der Waals surface area contributed by atoms with Crippen LogP contribution < -0.4 is 16.4 Å². The van der Waals surface area contributed by atoms with E-state index >= 15 is 4.39 Å². The second kappa shape index (κ2) is 9.02. The van der Waals surface area contributed by atoms with Crippen molar-refractivity contribution in [2.45, 2.75) is 25.4 Å². The maximum absolute atomic E-state index is 15.2. The van der Waals surface area contributed by atoms with Gasteiger partial charge in [0.25, 0.3) is 5.91 Å². The zero-order valence-corrected chi connectivity index (χ0v) is 17.9. The third-order valence-electron chi connectivity index (χ3n) is 5.78. The summed E-state index contributed by atoms with van der Waals surface area (Å²) in [6, 6.07) is 1.71. The molecule has 0 spiro atoms. The lowest BCUT2D eigenvalue weighted by Gasteiger charge is -2.45. The molecule has 3 aliphatic rings. The van der Waals surface area contributed by atoms with Crippen LogP contribution in [-0.4, -0.2) is 64.4 Å². The molecule has 0 saturated carbocycles. The van der Waals surface area contributed by atoms with Crippen LogP contribution in [0.5, 0.6) is 0 Å². The summed E-state index contributed by atoms with van der Waals surface area (Å²) in [6.45, 7) is 2.62. The number of ketones is 1. The number of carboxylic acids is 1. The SMILES string of the molecule is C[C@H]1COC2=C3C(C(=O)C(C(=O)O)=CN31)C(N)C(F)=C2NCCCNC(=O)c1cccnc1. The zero-order chi connectivity index (χ0) is 23.7. The first kappa shape index (κ1) is 22.5. The molecule has 0 aromatic carbocycles. The Hall–Kier alpha value is -3.73. The van der Waals surface area contributed by atoms with Gasteiger partial charge in [0, 0.05) is 31.7 Å². The summed E-state index contributed by atoms with van der Waals surface area (Å²) in [5.41, 5.74) is 6.49. The van der Waals surface area contributed by atoms with Gasteiger partial charge >= 0.3 is 5.97 Å². The van der Waals surface area contributed by atoms with Gasteiger partial charge in [-0.25, -0.2) is 9.18 Å². The van der Waals surface area contributed by atoms with E-state index in [0.29, 0.717) is 30.8 Å². The quantitative estimate of drug-likeness (QED) is 0.338. The molecule has 0 saturated heterocycles. The van der Waals surface area contributed by atoms with Crippen LogP contribution in [0.2, 0.25) is 0 Å². The molecular formula is C22H24FN5O5. The monoisotopic (exact) mass is 457 g/mol. The van der Waals surface area contributed by atoms with Crippen LogP contribution in [0.4, 0.5) is 4.39 Å². The number of carbonyl (C=O) groups excluding carboxylic acids is 2. The number of aliphatic carboxylic acids is 1. The molecule has 0 bridgehead atoms. The third-order valence-corrected chi connectivity index (χ3v) is 5.78. The first-order valence-corrected chi connectivity index (χ1v) is 10.5. The maximum atomic E-state index is 15.2. The number of nitrogens with zero attached hydrogens (tertiary/aromatic N) is 2. The summed E-state index contributed by atoms with van der Waals surface area (Å²) >= 11 is 0. The smallest absolute Gasteiger partial charge is 0.340 e. The summed E-state index contributed by atoms with van der Waals surface area (Å²) in [5.74, 6) is -4.18. The number of Topliss-reactive ketones (excluding diaryl/α,β-unsaturated/α-hetero) is 1. The molecule has 2 unspecified atom stereocenters. The van der Waals surface area contributed by atoms with Crippen LogP contribution in [0, 0.1) is 5.92 Å². The highest BCUT2D eigenvalue weighted by Gasteiger charge is 2.50. The van der Waals surface area contributed by atoms with Crippen LogP contribution >= 0.6 is 0 Å². The van der Waals surface area contributed by atoms with Gasteiger partial charge in [0.2, 0.25) is 0 Å². The van der Waals surface area contributed by atoms with Gasteiger partial charge in [-0.05, 0) is 25.5 Å². The van der Waals surface area contributed by atoms with Crippen LogP contribution in [0.3, 0.4) is 0 Å². The van der Waals surface area contributed by atoms with E-state index in [4.69, 9.17) is 10.5 Å². The van der Waals surface area contributed by atoms with E-state index in [1.807, 2.05) is 6.92 Å². The minimum atomic E-state index is -1.38. The average Bonchev–Trinajstić information content (AvgIpc) is 2.80. The normalized spacial score (nSPS) is 24.1. The third kappa shape index (κ3) is 4.07. The number of aromatic nitrogens is 1. The highest BCUT2D eigenvalue weighted by molar-refractivity contribution is 6.19. The summed E-state index contributed by atoms with van der Waals surface area (Å²) in [4.78, 5) is 41.9. The van der Waals surface area contributed by atoms with Gasteiger partial charge in [-0.1, -0.05) is 0 Å². The molecule has 1 amide bonds. The number of nitrogens with two attached hydrogens (primary N) is 1. The Balaban J connectivity index is 1.48. The molecule has 1 aromatic rings. The van der Waals surface area contributed by atoms with Crippen LogP contribution in [-0.2, 0) is 14.3 Å². The molecule has 174 valence electrons. The highest BCUT2D eigenvalue weighted by Crippen LogP contribution is 2.43. The summed E-state index contributed by atoms with van der Waals surface area (Å²) in [7, 11) is 0. The Morgan fingerprint density at radius 3 is 2.88 bits per heavy atom. The molecule has 0 fully saturated rings. The van der Waals surface area contributed by atoms with Crippen LogP contribution in [0.25, 0.3) is 0 Å². The summed E-state index contributed by atoms with van der Waals surface area (Å²) in [6.07, 6.45) is 4.78. The van der Waals surface area contributed by atoms with Crippen LogP contribution in [0.1, 0.15) is 23.7 Å². The predicted molar refractivity (Wildman–Crippen MR) is 114 cm³/mol. The number of halogens is 1. The van der Waals surface area contributed by atoms with E-state index in [1.165, 1.54) is 12.4 Å². The number of carboxylic acid groups (broad SMARTS) is 1. The lowest BCUT2D eigenvalue weighted by molar-refractivity contribution is -0.136. The number of rotatable bonds is 7. The molecule has 3 atom stereocenters. The fourth-order valence-corrected chi connectivity index (χ4v) is 4.09. The van der Waals surface area contributed by atoms with E-state index in [9.17, 15) is 19.5 Å². The molecule has 1 aromatic heterocycles. The van der Waals surface area contributed by atoms with Crippen molar-refractivity contribution < 1.29 is 28.6 Å². The Morgan fingerprint density at radius 1 is 1.39 bits per heavy atom. The number of carbonyl (C=O) groups is 3. The largest absolute Gasteiger partial charge is 0.487 e. The van der Waals surface area contributed by atoms with E-state index in [-0.39, 0.29) is 30.0 Å². The second-order valence-electron chi connectivity index (χ2n) is 8.00. The minimum Gasteiger partial charge on any atom is -0.487 e. The van der Waals surface area contributed by atoms with E-state index in [2.05, 4.69) is 15.6 Å². The van der Waals surface area contributed by atoms with Crippen molar-refractivity contribution in [2.75, 3.05) is 19.7 Å². The fraction of sp³-hybridized carbons (Fsp3) is 0.364. The van der Waals surface area contributed by atoms with Gasteiger partial charge < -0.3 is 31.1 Å². The molecule has 11 heteroatoms. The zero-order valence-electron chi connectivity index (χ0n) is 17.9. The molecule has 0 radical (unpaired) electrons. The van der Waals surface area contributed by atoms with Crippen molar-refractivity contribution in [1.82, 2.24) is 20.5 Å². The molecule has 4 rings (SSSR count). The predicted octanol–water partition coefficient (Wildman–Crippen LogP) is 0.413. The van der Waals surface area contributed by atoms with Gasteiger partial charge in [-0.3, -0.25) is 14.6 Å². The summed E-state index contributed by atoms with van der Waals surface area (Å²) < 4.78 is 21.0. The van der Waals surface area contributed by atoms with Gasteiger partial charge in [-0.15, -0.1) is 0 Å². The number of hydrogen-bond donors (Lipinski definition) is 4. The van der Waals surface area contributed by atoms with Gasteiger partial charge in [0.05, 0.1) is 29.3 Å². The summed E-state index contributed by atoms with van der Waals surface area (Å²) in [5, 5.41) is 15.1. The van der Waals surface area contributed by atoms with Crippen molar-refractivity contribution in [2.24, 2.45) is 11.7 Å². The topological polar surface area (TPSA) is 147 Å².